The molecule has 0 unspecified atom stereocenters. The molecule has 6 heteroatoms. The smallest absolute Gasteiger partial charge is 0.240 e. The number of carbonyl (C=O) groups excluding carboxylic acids is 2. The minimum absolute atomic E-state index is 0.0567. The molecule has 0 saturated heterocycles. The van der Waals surface area contributed by atoms with Gasteiger partial charge in [0.2, 0.25) is 11.8 Å². The number of carbonyl (C=O) groups is 2. The fourth-order valence-corrected chi connectivity index (χ4v) is 2.41. The van der Waals surface area contributed by atoms with E-state index >= 15 is 0 Å². The van der Waals surface area contributed by atoms with Crippen molar-refractivity contribution in [1.82, 2.24) is 5.43 Å². The molecule has 0 aliphatic carbocycles. The van der Waals surface area contributed by atoms with E-state index in [0.29, 0.717) is 12.4 Å². The van der Waals surface area contributed by atoms with Crippen LogP contribution in [0.3, 0.4) is 0 Å². The first-order chi connectivity index (χ1) is 13.0. The average Bonchev–Trinajstić information content (AvgIpc) is 2.65. The van der Waals surface area contributed by atoms with E-state index in [2.05, 4.69) is 15.8 Å². The monoisotopic (exact) mass is 367 g/mol. The molecular formula is C21H25N3O3. The zero-order valence-electron chi connectivity index (χ0n) is 15.9. The Morgan fingerprint density at radius 3 is 2.59 bits per heavy atom. The maximum atomic E-state index is 12.0. The van der Waals surface area contributed by atoms with Crippen molar-refractivity contribution in [3.8, 4) is 5.75 Å². The zero-order chi connectivity index (χ0) is 19.6. The number of anilines is 1. The highest BCUT2D eigenvalue weighted by Crippen LogP contribution is 2.17. The van der Waals surface area contributed by atoms with E-state index in [9.17, 15) is 9.59 Å². The number of aryl methyl sites for hydroxylation is 2. The summed E-state index contributed by atoms with van der Waals surface area (Å²) in [5.74, 6) is 0.173. The van der Waals surface area contributed by atoms with E-state index in [1.807, 2.05) is 63.2 Å². The van der Waals surface area contributed by atoms with Gasteiger partial charge in [0.1, 0.15) is 5.75 Å². The van der Waals surface area contributed by atoms with Crippen molar-refractivity contribution in [2.75, 3.05) is 11.9 Å². The van der Waals surface area contributed by atoms with Crippen LogP contribution in [-0.4, -0.2) is 24.6 Å². The molecule has 0 aromatic heterocycles. The van der Waals surface area contributed by atoms with E-state index in [4.69, 9.17) is 4.74 Å². The van der Waals surface area contributed by atoms with Gasteiger partial charge in [0.05, 0.1) is 12.8 Å². The molecular weight excluding hydrogens is 342 g/mol. The predicted molar refractivity (Wildman–Crippen MR) is 107 cm³/mol. The number of nitrogens with one attached hydrogen (secondary N) is 2. The molecule has 0 radical (unpaired) electrons. The predicted octanol–water partition coefficient (Wildman–Crippen LogP) is 3.57. The summed E-state index contributed by atoms with van der Waals surface area (Å²) in [6.07, 6.45) is 1.67. The second-order valence-corrected chi connectivity index (χ2v) is 6.13. The second kappa shape index (κ2) is 10.1. The van der Waals surface area contributed by atoms with Crippen molar-refractivity contribution >= 4 is 23.7 Å². The average molecular weight is 367 g/mol. The van der Waals surface area contributed by atoms with Crippen LogP contribution in [0.4, 0.5) is 5.69 Å². The summed E-state index contributed by atoms with van der Waals surface area (Å²) < 4.78 is 5.49. The number of ether oxygens (including phenoxy) is 1. The SMILES string of the molecule is CCOc1ccccc1C=NNC(=O)CCC(=O)Nc1cc(C)ccc1C. The lowest BCUT2D eigenvalue weighted by atomic mass is 10.1. The van der Waals surface area contributed by atoms with Gasteiger partial charge in [0, 0.05) is 24.1 Å². The van der Waals surface area contributed by atoms with Crippen LogP contribution in [0.5, 0.6) is 5.75 Å². The molecule has 142 valence electrons. The molecule has 0 aliphatic rings. The van der Waals surface area contributed by atoms with Crippen molar-refractivity contribution in [2.45, 2.75) is 33.6 Å². The molecule has 0 aliphatic heterocycles. The summed E-state index contributed by atoms with van der Waals surface area (Å²) in [6.45, 7) is 6.34. The van der Waals surface area contributed by atoms with Gasteiger partial charge in [-0.05, 0) is 50.1 Å². The third kappa shape index (κ3) is 6.58. The van der Waals surface area contributed by atoms with Gasteiger partial charge < -0.3 is 10.1 Å². The molecule has 2 aromatic rings. The van der Waals surface area contributed by atoms with Crippen LogP contribution in [0, 0.1) is 13.8 Å². The van der Waals surface area contributed by atoms with Crippen LogP contribution in [0.15, 0.2) is 47.6 Å². The summed E-state index contributed by atoms with van der Waals surface area (Å²) in [4.78, 5) is 23.9. The van der Waals surface area contributed by atoms with Crippen LogP contribution >= 0.6 is 0 Å². The lowest BCUT2D eigenvalue weighted by Gasteiger charge is -2.09. The van der Waals surface area contributed by atoms with Gasteiger partial charge in [-0.1, -0.05) is 24.3 Å². The van der Waals surface area contributed by atoms with E-state index in [1.165, 1.54) is 6.21 Å². The third-order valence-electron chi connectivity index (χ3n) is 3.86. The summed E-state index contributed by atoms with van der Waals surface area (Å²) in [5.41, 5.74) is 6.02. The number of para-hydroxylation sites is 1. The maximum absolute atomic E-state index is 12.0. The fraction of sp³-hybridized carbons (Fsp3) is 0.286. The Balaban J connectivity index is 1.81. The molecule has 0 bridgehead atoms. The Morgan fingerprint density at radius 2 is 1.81 bits per heavy atom. The molecule has 2 rings (SSSR count). The third-order valence-corrected chi connectivity index (χ3v) is 3.86. The first kappa shape index (κ1) is 20.2. The van der Waals surface area contributed by atoms with Crippen molar-refractivity contribution < 1.29 is 14.3 Å². The second-order valence-electron chi connectivity index (χ2n) is 6.13. The van der Waals surface area contributed by atoms with Gasteiger partial charge >= 0.3 is 0 Å². The molecule has 0 saturated carbocycles. The van der Waals surface area contributed by atoms with Gasteiger partial charge in [0.25, 0.3) is 0 Å². The number of hydrogen-bond acceptors (Lipinski definition) is 4. The number of benzene rings is 2. The maximum Gasteiger partial charge on any atom is 0.240 e. The Labute approximate surface area is 159 Å². The lowest BCUT2D eigenvalue weighted by molar-refractivity contribution is -0.124. The van der Waals surface area contributed by atoms with Crippen molar-refractivity contribution in [3.05, 3.63) is 59.2 Å². The largest absolute Gasteiger partial charge is 0.493 e. The summed E-state index contributed by atoms with van der Waals surface area (Å²) in [5, 5.41) is 6.77. The highest BCUT2D eigenvalue weighted by molar-refractivity contribution is 5.94. The minimum atomic E-state index is -0.323. The topological polar surface area (TPSA) is 79.8 Å². The van der Waals surface area contributed by atoms with Gasteiger partial charge in [-0.3, -0.25) is 9.59 Å². The van der Waals surface area contributed by atoms with Crippen LogP contribution in [0.25, 0.3) is 0 Å². The molecule has 6 nitrogen and oxygen atoms in total. The first-order valence-corrected chi connectivity index (χ1v) is 8.90. The van der Waals surface area contributed by atoms with Crippen LogP contribution in [0.2, 0.25) is 0 Å². The molecule has 27 heavy (non-hydrogen) atoms. The van der Waals surface area contributed by atoms with Gasteiger partial charge in [-0.25, -0.2) is 5.43 Å². The van der Waals surface area contributed by atoms with Crippen molar-refractivity contribution in [2.24, 2.45) is 5.10 Å². The molecule has 2 amide bonds. The van der Waals surface area contributed by atoms with E-state index in [0.717, 1.165) is 22.4 Å². The quantitative estimate of drug-likeness (QED) is 0.553. The van der Waals surface area contributed by atoms with Crippen LogP contribution in [0.1, 0.15) is 36.5 Å². The van der Waals surface area contributed by atoms with Crippen LogP contribution < -0.4 is 15.5 Å². The normalized spacial score (nSPS) is 10.6. The molecule has 2 N–H and O–H groups in total. The number of amides is 2. The standard InChI is InChI=1S/C21H25N3O3/c1-4-27-19-8-6-5-7-17(19)14-22-24-21(26)12-11-20(25)23-18-13-15(2)9-10-16(18)3/h5-10,13-14H,4,11-12H2,1-3H3,(H,23,25)(H,24,26). The summed E-state index contributed by atoms with van der Waals surface area (Å²) >= 11 is 0. The molecule has 2 aromatic carbocycles. The number of nitrogens with zero attached hydrogens (tertiary/aromatic N) is 1. The van der Waals surface area contributed by atoms with Gasteiger partial charge in [0.15, 0.2) is 0 Å². The zero-order valence-corrected chi connectivity index (χ0v) is 15.9. The molecule has 0 spiro atoms. The van der Waals surface area contributed by atoms with Gasteiger partial charge in [-0.15, -0.1) is 0 Å². The highest BCUT2D eigenvalue weighted by atomic mass is 16.5. The van der Waals surface area contributed by atoms with Crippen molar-refractivity contribution in [1.29, 1.82) is 0 Å². The van der Waals surface area contributed by atoms with E-state index in [1.54, 1.807) is 0 Å². The molecule has 0 atom stereocenters. The number of hydrogen-bond donors (Lipinski definition) is 2. The number of hydrazone groups is 1. The van der Waals surface area contributed by atoms with E-state index in [-0.39, 0.29) is 24.7 Å². The minimum Gasteiger partial charge on any atom is -0.493 e. The first-order valence-electron chi connectivity index (χ1n) is 8.90. The lowest BCUT2D eigenvalue weighted by Crippen LogP contribution is -2.21. The Kier molecular flexibility index (Phi) is 7.55. The Bertz CT molecular complexity index is 831. The van der Waals surface area contributed by atoms with Gasteiger partial charge in [-0.2, -0.15) is 5.10 Å². The van der Waals surface area contributed by atoms with E-state index < -0.39 is 0 Å². The van der Waals surface area contributed by atoms with Crippen LogP contribution in [-0.2, 0) is 9.59 Å². The summed E-state index contributed by atoms with van der Waals surface area (Å²) in [6, 6.07) is 13.3. The summed E-state index contributed by atoms with van der Waals surface area (Å²) in [7, 11) is 0. The number of rotatable bonds is 8. The molecule has 0 heterocycles. The fourth-order valence-electron chi connectivity index (χ4n) is 2.41. The van der Waals surface area contributed by atoms with Crippen molar-refractivity contribution in [3.63, 3.8) is 0 Å². The Hall–Kier alpha value is -3.15. The Morgan fingerprint density at radius 1 is 1.07 bits per heavy atom. The molecule has 0 fully saturated rings. The highest BCUT2D eigenvalue weighted by Gasteiger charge is 2.08.